The first kappa shape index (κ1) is 18.9. The van der Waals surface area contributed by atoms with Gasteiger partial charge in [-0.15, -0.1) is 0 Å². The minimum absolute atomic E-state index is 0.226. The van der Waals surface area contributed by atoms with Crippen LogP contribution in [0, 0.1) is 0 Å². The Balaban J connectivity index is 3.12. The fourth-order valence-corrected chi connectivity index (χ4v) is 1.87. The van der Waals surface area contributed by atoms with Gasteiger partial charge in [-0.05, 0) is 6.42 Å². The second-order valence-corrected chi connectivity index (χ2v) is 5.01. The molecular formula is C15H29NO4. The molecule has 0 saturated carbocycles. The maximum Gasteiger partial charge on any atom is 0.322 e. The maximum atomic E-state index is 11.2. The van der Waals surface area contributed by atoms with Crippen molar-refractivity contribution in [3.05, 3.63) is 0 Å². The minimum atomic E-state index is -1.03. The zero-order valence-corrected chi connectivity index (χ0v) is 12.7. The third kappa shape index (κ3) is 15.0. The summed E-state index contributed by atoms with van der Waals surface area (Å²) >= 11 is 0. The number of rotatable bonds is 14. The quantitative estimate of drug-likeness (QED) is 0.482. The SMILES string of the molecule is CCCCCCCCCCOCCC(=O)NCC(=O)O. The summed E-state index contributed by atoms with van der Waals surface area (Å²) in [4.78, 5) is 21.4. The number of amides is 1. The molecule has 0 radical (unpaired) electrons. The number of carbonyl (C=O) groups excluding carboxylic acids is 1. The van der Waals surface area contributed by atoms with E-state index in [1.54, 1.807) is 0 Å². The summed E-state index contributed by atoms with van der Waals surface area (Å²) in [6.45, 7) is 2.94. The van der Waals surface area contributed by atoms with Crippen LogP contribution in [0.4, 0.5) is 0 Å². The highest BCUT2D eigenvalue weighted by molar-refractivity contribution is 5.81. The topological polar surface area (TPSA) is 75.6 Å². The van der Waals surface area contributed by atoms with Crippen LogP contribution in [0.1, 0.15) is 64.7 Å². The van der Waals surface area contributed by atoms with Gasteiger partial charge in [0, 0.05) is 13.0 Å². The van der Waals surface area contributed by atoms with Crippen LogP contribution in [0.5, 0.6) is 0 Å². The second-order valence-electron chi connectivity index (χ2n) is 5.01. The van der Waals surface area contributed by atoms with E-state index in [0.717, 1.165) is 6.42 Å². The van der Waals surface area contributed by atoms with Crippen LogP contribution in [0.3, 0.4) is 0 Å². The summed E-state index contributed by atoms with van der Waals surface area (Å²) < 4.78 is 5.35. The predicted octanol–water partition coefficient (Wildman–Crippen LogP) is 2.73. The van der Waals surface area contributed by atoms with Crippen LogP contribution >= 0.6 is 0 Å². The molecule has 0 aliphatic carbocycles. The zero-order chi connectivity index (χ0) is 15.1. The smallest absolute Gasteiger partial charge is 0.322 e. The average molecular weight is 287 g/mol. The van der Waals surface area contributed by atoms with E-state index in [2.05, 4.69) is 12.2 Å². The molecule has 0 rings (SSSR count). The fraction of sp³-hybridized carbons (Fsp3) is 0.867. The highest BCUT2D eigenvalue weighted by atomic mass is 16.5. The summed E-state index contributed by atoms with van der Waals surface area (Å²) in [6, 6.07) is 0. The molecule has 5 nitrogen and oxygen atoms in total. The molecule has 0 aromatic rings. The standard InChI is InChI=1S/C15H29NO4/c1-2-3-4-5-6-7-8-9-11-20-12-10-14(17)16-13-15(18)19/h2-13H2,1H3,(H,16,17)(H,18,19). The fourth-order valence-electron chi connectivity index (χ4n) is 1.87. The van der Waals surface area contributed by atoms with E-state index in [1.807, 2.05) is 0 Å². The van der Waals surface area contributed by atoms with Crippen molar-refractivity contribution in [3.63, 3.8) is 0 Å². The van der Waals surface area contributed by atoms with Crippen molar-refractivity contribution in [2.24, 2.45) is 0 Å². The Bertz CT molecular complexity index is 256. The van der Waals surface area contributed by atoms with Gasteiger partial charge in [0.05, 0.1) is 6.61 Å². The number of carboxylic acid groups (broad SMARTS) is 1. The maximum absolute atomic E-state index is 11.2. The van der Waals surface area contributed by atoms with Crippen molar-refractivity contribution in [2.45, 2.75) is 64.7 Å². The molecule has 118 valence electrons. The highest BCUT2D eigenvalue weighted by Gasteiger charge is 2.03. The van der Waals surface area contributed by atoms with Crippen molar-refractivity contribution in [2.75, 3.05) is 19.8 Å². The van der Waals surface area contributed by atoms with E-state index >= 15 is 0 Å². The lowest BCUT2D eigenvalue weighted by atomic mass is 10.1. The van der Waals surface area contributed by atoms with Gasteiger partial charge in [0.1, 0.15) is 6.54 Å². The molecule has 20 heavy (non-hydrogen) atoms. The molecule has 5 heteroatoms. The molecule has 2 N–H and O–H groups in total. The predicted molar refractivity (Wildman–Crippen MR) is 78.7 cm³/mol. The van der Waals surface area contributed by atoms with Gasteiger partial charge in [-0.3, -0.25) is 9.59 Å². The molecule has 0 fully saturated rings. The highest BCUT2D eigenvalue weighted by Crippen LogP contribution is 2.08. The average Bonchev–Trinajstić information content (AvgIpc) is 2.42. The molecule has 0 aromatic carbocycles. The molecule has 0 aliphatic heterocycles. The van der Waals surface area contributed by atoms with Gasteiger partial charge in [0.2, 0.25) is 5.91 Å². The van der Waals surface area contributed by atoms with Crippen molar-refractivity contribution >= 4 is 11.9 Å². The van der Waals surface area contributed by atoms with E-state index in [4.69, 9.17) is 9.84 Å². The van der Waals surface area contributed by atoms with Gasteiger partial charge in [0.15, 0.2) is 0 Å². The molecule has 0 heterocycles. The van der Waals surface area contributed by atoms with Crippen LogP contribution in [0.2, 0.25) is 0 Å². The van der Waals surface area contributed by atoms with E-state index in [-0.39, 0.29) is 18.9 Å². The Hall–Kier alpha value is -1.10. The first-order chi connectivity index (χ1) is 9.66. The molecule has 0 aromatic heterocycles. The Morgan fingerprint density at radius 2 is 1.55 bits per heavy atom. The molecule has 0 bridgehead atoms. The van der Waals surface area contributed by atoms with E-state index in [0.29, 0.717) is 13.2 Å². The van der Waals surface area contributed by atoms with E-state index < -0.39 is 5.97 Å². The van der Waals surface area contributed by atoms with Crippen molar-refractivity contribution in [3.8, 4) is 0 Å². The molecule has 0 saturated heterocycles. The lowest BCUT2D eigenvalue weighted by Gasteiger charge is -2.05. The summed E-state index contributed by atoms with van der Waals surface area (Å²) in [5, 5.41) is 10.7. The van der Waals surface area contributed by atoms with Gasteiger partial charge >= 0.3 is 5.97 Å². The molecular weight excluding hydrogens is 258 g/mol. The number of unbranched alkanes of at least 4 members (excludes halogenated alkanes) is 7. The van der Waals surface area contributed by atoms with Crippen molar-refractivity contribution < 1.29 is 19.4 Å². The first-order valence-corrected chi connectivity index (χ1v) is 7.73. The number of hydrogen-bond donors (Lipinski definition) is 2. The van der Waals surface area contributed by atoms with Crippen LogP contribution in [-0.4, -0.2) is 36.7 Å². The van der Waals surface area contributed by atoms with Crippen molar-refractivity contribution in [1.82, 2.24) is 5.32 Å². The summed E-state index contributed by atoms with van der Waals surface area (Å²) in [7, 11) is 0. The zero-order valence-electron chi connectivity index (χ0n) is 12.7. The lowest BCUT2D eigenvalue weighted by Crippen LogP contribution is -2.29. The second kappa shape index (κ2) is 14.3. The van der Waals surface area contributed by atoms with Gasteiger partial charge in [-0.1, -0.05) is 51.9 Å². The van der Waals surface area contributed by atoms with Gasteiger partial charge < -0.3 is 15.2 Å². The largest absolute Gasteiger partial charge is 0.480 e. The Kier molecular flexibility index (Phi) is 13.5. The Morgan fingerprint density at radius 1 is 0.950 bits per heavy atom. The minimum Gasteiger partial charge on any atom is -0.480 e. The molecule has 1 amide bonds. The normalized spacial score (nSPS) is 10.4. The summed E-state index contributed by atoms with van der Waals surface area (Å²) in [5.41, 5.74) is 0. The van der Waals surface area contributed by atoms with E-state index in [1.165, 1.54) is 44.9 Å². The molecule has 0 unspecified atom stereocenters. The monoisotopic (exact) mass is 287 g/mol. The van der Waals surface area contributed by atoms with Gasteiger partial charge in [-0.2, -0.15) is 0 Å². The van der Waals surface area contributed by atoms with Gasteiger partial charge in [0.25, 0.3) is 0 Å². The molecule has 0 atom stereocenters. The number of ether oxygens (including phenoxy) is 1. The Labute approximate surface area is 122 Å². The molecule has 0 aliphatic rings. The number of carboxylic acids is 1. The summed E-state index contributed by atoms with van der Waals surface area (Å²) in [5.74, 6) is -1.30. The first-order valence-electron chi connectivity index (χ1n) is 7.73. The summed E-state index contributed by atoms with van der Waals surface area (Å²) in [6.07, 6.45) is 10.3. The van der Waals surface area contributed by atoms with Crippen LogP contribution < -0.4 is 5.32 Å². The third-order valence-corrected chi connectivity index (χ3v) is 3.05. The number of hydrogen-bond acceptors (Lipinski definition) is 3. The van der Waals surface area contributed by atoms with Crippen LogP contribution in [0.25, 0.3) is 0 Å². The van der Waals surface area contributed by atoms with Crippen LogP contribution in [0.15, 0.2) is 0 Å². The lowest BCUT2D eigenvalue weighted by molar-refractivity contribution is -0.138. The van der Waals surface area contributed by atoms with Crippen LogP contribution in [-0.2, 0) is 14.3 Å². The Morgan fingerprint density at radius 3 is 2.15 bits per heavy atom. The number of aliphatic carboxylic acids is 1. The number of carbonyl (C=O) groups is 2. The van der Waals surface area contributed by atoms with E-state index in [9.17, 15) is 9.59 Å². The third-order valence-electron chi connectivity index (χ3n) is 3.05. The number of nitrogens with one attached hydrogen (secondary N) is 1. The molecule has 0 spiro atoms. The van der Waals surface area contributed by atoms with Gasteiger partial charge in [-0.25, -0.2) is 0 Å². The van der Waals surface area contributed by atoms with Crippen molar-refractivity contribution in [1.29, 1.82) is 0 Å².